The van der Waals surface area contributed by atoms with Gasteiger partial charge in [-0.25, -0.2) is 14.6 Å². The van der Waals surface area contributed by atoms with E-state index in [2.05, 4.69) is 16.1 Å². The zero-order valence-electron chi connectivity index (χ0n) is 32.1. The van der Waals surface area contributed by atoms with E-state index in [0.29, 0.717) is 32.1 Å². The van der Waals surface area contributed by atoms with E-state index in [9.17, 15) is 38.4 Å². The largest absolute Gasteiger partial charge is 0.417 e. The monoisotopic (exact) mass is 790 g/mol. The molecule has 14 nitrogen and oxygen atoms in total. The summed E-state index contributed by atoms with van der Waals surface area (Å²) in [6.07, 6.45) is 8.09. The first-order valence-electron chi connectivity index (χ1n) is 20.1. The molecular weight excluding hydrogens is 745 g/mol. The Hall–Kier alpha value is -5.86. The Bertz CT molecular complexity index is 2120. The highest BCUT2D eigenvalue weighted by Gasteiger charge is 2.48. The molecule has 4 aliphatic carbocycles. The molecule has 2 saturated carbocycles. The van der Waals surface area contributed by atoms with Crippen LogP contribution < -0.4 is 20.8 Å². The summed E-state index contributed by atoms with van der Waals surface area (Å²) in [6.45, 7) is 2.18. The Morgan fingerprint density at radius 2 is 1.05 bits per heavy atom. The fourth-order valence-electron chi connectivity index (χ4n) is 8.55. The summed E-state index contributed by atoms with van der Waals surface area (Å²) in [4.78, 5) is 102. The summed E-state index contributed by atoms with van der Waals surface area (Å²) >= 11 is 0. The van der Waals surface area contributed by atoms with Crippen LogP contribution in [-0.2, 0) is 14.3 Å². The molecule has 1 aliphatic heterocycles. The first-order valence-corrected chi connectivity index (χ1v) is 20.1. The van der Waals surface area contributed by atoms with Gasteiger partial charge in [0.15, 0.2) is 34.7 Å². The molecule has 1 heterocycles. The number of benzene rings is 3. The molecule has 1 saturated heterocycles. The number of nitrogens with zero attached hydrogens (tertiary/aromatic N) is 1. The number of rotatable bonds is 8. The molecule has 0 bridgehead atoms. The Morgan fingerprint density at radius 3 is 1.55 bits per heavy atom. The minimum Gasteiger partial charge on any atom is -0.410 e. The average Bonchev–Trinajstić information content (AvgIpc) is 3.66. The van der Waals surface area contributed by atoms with Crippen LogP contribution in [0.1, 0.15) is 106 Å². The lowest BCUT2D eigenvalue weighted by Gasteiger charge is -2.27. The number of carbonyl (C=O) groups is 8. The maximum absolute atomic E-state index is 13.0. The van der Waals surface area contributed by atoms with E-state index in [1.165, 1.54) is 12.1 Å². The van der Waals surface area contributed by atoms with Crippen molar-refractivity contribution in [3.05, 3.63) is 89.0 Å². The SMILES string of the molecule is O=C(Nc1cccc2c1C(=O)C(C(=O)C1CCCCC1)C2=O)NN1CCOCC1.O=C(Nc1cccc2c1C(=O)C(C(=O)C1CCCCC1)C2=O)Oc1ccccc1. The summed E-state index contributed by atoms with van der Waals surface area (Å²) in [5.41, 5.74) is 3.78. The van der Waals surface area contributed by atoms with Crippen molar-refractivity contribution < 1.29 is 47.8 Å². The van der Waals surface area contributed by atoms with E-state index in [1.807, 2.05) is 0 Å². The molecule has 0 radical (unpaired) electrons. The van der Waals surface area contributed by atoms with Crippen LogP contribution in [0.4, 0.5) is 21.0 Å². The molecule has 3 aromatic carbocycles. The van der Waals surface area contributed by atoms with Crippen LogP contribution in [0.25, 0.3) is 0 Å². The standard InChI is InChI=1S/C23H21NO5.C21H25N3O5/c25-20(14-8-3-1-4-9-14)19-21(26)16-12-7-13-17(18(16)22(19)27)24-23(28)29-15-10-5-2-6-11-15;25-18(13-5-2-1-3-6-13)17-19(26)14-7-4-8-15(16(14)20(17)27)22-21(28)23-24-9-11-29-12-10-24/h2,5-7,10-14,19H,1,3-4,8-9H2,(H,24,28);4,7-8,13,17H,1-3,5-6,9-12H2,(H2,22,23,28). The zero-order valence-corrected chi connectivity index (χ0v) is 32.1. The fraction of sp³-hybridized carbons (Fsp3) is 0.409. The number of fused-ring (bicyclic) bond motifs is 2. The van der Waals surface area contributed by atoms with Gasteiger partial charge in [0.25, 0.3) is 0 Å². The van der Waals surface area contributed by atoms with Crippen molar-refractivity contribution in [3.8, 4) is 5.75 Å². The lowest BCUT2D eigenvalue weighted by atomic mass is 9.80. The Morgan fingerprint density at radius 1 is 0.569 bits per heavy atom. The van der Waals surface area contributed by atoms with Crippen molar-refractivity contribution in [2.24, 2.45) is 23.7 Å². The van der Waals surface area contributed by atoms with Gasteiger partial charge in [-0.05, 0) is 49.9 Å². The number of hydrogen-bond acceptors (Lipinski definition) is 11. The van der Waals surface area contributed by atoms with Crippen molar-refractivity contribution in [2.45, 2.75) is 64.2 Å². The molecule has 8 rings (SSSR count). The number of amides is 3. The van der Waals surface area contributed by atoms with Crippen molar-refractivity contribution in [1.82, 2.24) is 10.4 Å². The molecule has 302 valence electrons. The van der Waals surface area contributed by atoms with Crippen LogP contribution in [0, 0.1) is 23.7 Å². The van der Waals surface area contributed by atoms with Crippen LogP contribution in [0.5, 0.6) is 5.75 Å². The van der Waals surface area contributed by atoms with Crippen LogP contribution in [0.15, 0.2) is 66.7 Å². The smallest absolute Gasteiger partial charge is 0.410 e. The fourth-order valence-corrected chi connectivity index (χ4v) is 8.55. The first kappa shape index (κ1) is 40.3. The summed E-state index contributed by atoms with van der Waals surface area (Å²) < 4.78 is 10.4. The van der Waals surface area contributed by atoms with Gasteiger partial charge < -0.3 is 14.8 Å². The molecule has 0 spiro atoms. The van der Waals surface area contributed by atoms with Crippen LogP contribution in [0.3, 0.4) is 0 Å². The maximum atomic E-state index is 13.0. The zero-order chi connectivity index (χ0) is 40.8. The van der Waals surface area contributed by atoms with Crippen LogP contribution >= 0.6 is 0 Å². The minimum atomic E-state index is -1.29. The summed E-state index contributed by atoms with van der Waals surface area (Å²) in [5.74, 6) is -5.16. The highest BCUT2D eigenvalue weighted by atomic mass is 16.6. The number of carbonyl (C=O) groups excluding carboxylic acids is 8. The van der Waals surface area contributed by atoms with E-state index in [0.717, 1.165) is 64.2 Å². The first-order chi connectivity index (χ1) is 28.1. The lowest BCUT2D eigenvalue weighted by molar-refractivity contribution is -0.125. The second-order valence-electron chi connectivity index (χ2n) is 15.2. The van der Waals surface area contributed by atoms with Crippen LogP contribution in [0.2, 0.25) is 0 Å². The highest BCUT2D eigenvalue weighted by Crippen LogP contribution is 2.38. The van der Waals surface area contributed by atoms with Gasteiger partial charge in [-0.15, -0.1) is 0 Å². The van der Waals surface area contributed by atoms with E-state index in [-0.39, 0.29) is 57.0 Å². The molecule has 5 aliphatic rings. The third-order valence-electron chi connectivity index (χ3n) is 11.5. The number of urea groups is 1. The van der Waals surface area contributed by atoms with Crippen LogP contribution in [-0.4, -0.2) is 78.1 Å². The van der Waals surface area contributed by atoms with Gasteiger partial charge in [0.05, 0.1) is 35.7 Å². The molecule has 2 atom stereocenters. The van der Waals surface area contributed by atoms with Gasteiger partial charge in [-0.3, -0.25) is 39.5 Å². The number of ether oxygens (including phenoxy) is 2. The average molecular weight is 791 g/mol. The molecule has 3 fully saturated rings. The molecular formula is C44H46N4O10. The molecule has 2 unspecified atom stereocenters. The molecule has 0 aromatic heterocycles. The molecule has 3 aromatic rings. The number of hydrazine groups is 1. The molecule has 58 heavy (non-hydrogen) atoms. The lowest BCUT2D eigenvalue weighted by Crippen LogP contribution is -2.49. The molecule has 3 N–H and O–H groups in total. The van der Waals surface area contributed by atoms with Gasteiger partial charge in [0.2, 0.25) is 0 Å². The molecule has 14 heteroatoms. The van der Waals surface area contributed by atoms with E-state index < -0.39 is 47.1 Å². The number of ketones is 6. The van der Waals surface area contributed by atoms with Gasteiger partial charge in [0, 0.05) is 36.1 Å². The molecule has 3 amide bonds. The summed E-state index contributed by atoms with van der Waals surface area (Å²) in [7, 11) is 0. The highest BCUT2D eigenvalue weighted by molar-refractivity contribution is 6.38. The summed E-state index contributed by atoms with van der Waals surface area (Å²) in [6, 6.07) is 17.4. The third kappa shape index (κ3) is 8.67. The number of anilines is 2. The predicted octanol–water partition coefficient (Wildman–Crippen LogP) is 6.64. The van der Waals surface area contributed by atoms with E-state index in [1.54, 1.807) is 59.6 Å². The third-order valence-corrected chi connectivity index (χ3v) is 11.5. The van der Waals surface area contributed by atoms with E-state index >= 15 is 0 Å². The normalized spacial score (nSPS) is 21.0. The number of Topliss-reactive ketones (excluding diaryl/α,β-unsaturated/α-hetero) is 6. The van der Waals surface area contributed by atoms with Crippen molar-refractivity contribution >= 4 is 58.2 Å². The second kappa shape index (κ2) is 18.2. The second-order valence-corrected chi connectivity index (χ2v) is 15.2. The van der Waals surface area contributed by atoms with Crippen molar-refractivity contribution in [2.75, 3.05) is 36.9 Å². The minimum absolute atomic E-state index is 0.0941. The Labute approximate surface area is 335 Å². The topological polar surface area (TPSA) is 194 Å². The summed E-state index contributed by atoms with van der Waals surface area (Å²) in [5, 5.41) is 6.92. The quantitative estimate of drug-likeness (QED) is 0.207. The van der Waals surface area contributed by atoms with Gasteiger partial charge in [-0.1, -0.05) is 81.0 Å². The number of para-hydroxylation sites is 1. The number of morpholine rings is 1. The predicted molar refractivity (Wildman–Crippen MR) is 211 cm³/mol. The van der Waals surface area contributed by atoms with Gasteiger partial charge >= 0.3 is 12.1 Å². The van der Waals surface area contributed by atoms with Crippen molar-refractivity contribution in [3.63, 3.8) is 0 Å². The number of nitrogens with one attached hydrogen (secondary N) is 3. The maximum Gasteiger partial charge on any atom is 0.417 e. The van der Waals surface area contributed by atoms with Crippen molar-refractivity contribution in [1.29, 1.82) is 0 Å². The Balaban J connectivity index is 0.000000177. The van der Waals surface area contributed by atoms with E-state index in [4.69, 9.17) is 9.47 Å². The van der Waals surface area contributed by atoms with Gasteiger partial charge in [0.1, 0.15) is 17.6 Å². The van der Waals surface area contributed by atoms with Gasteiger partial charge in [-0.2, -0.15) is 0 Å². The Kier molecular flexibility index (Phi) is 12.6. The number of hydrogen-bond donors (Lipinski definition) is 3.